The SMILES string of the molecule is CCc1cc(C(=O)c2ccc(C)nc2)n(C)n1. The summed E-state index contributed by atoms with van der Waals surface area (Å²) in [5.41, 5.74) is 3.03. The second-order valence-electron chi connectivity index (χ2n) is 4.02. The number of aryl methyl sites for hydroxylation is 3. The molecule has 0 bridgehead atoms. The monoisotopic (exact) mass is 229 g/mol. The third-order valence-electron chi connectivity index (χ3n) is 2.70. The van der Waals surface area contributed by atoms with Gasteiger partial charge >= 0.3 is 0 Å². The third kappa shape index (κ3) is 2.25. The van der Waals surface area contributed by atoms with Gasteiger partial charge in [-0.2, -0.15) is 5.10 Å². The molecule has 0 saturated carbocycles. The molecule has 4 nitrogen and oxygen atoms in total. The first-order chi connectivity index (χ1) is 8.11. The van der Waals surface area contributed by atoms with Crippen molar-refractivity contribution in [1.82, 2.24) is 14.8 Å². The topological polar surface area (TPSA) is 47.8 Å². The Morgan fingerprint density at radius 3 is 2.71 bits per heavy atom. The van der Waals surface area contributed by atoms with Gasteiger partial charge in [0.2, 0.25) is 5.78 Å². The Kier molecular flexibility index (Phi) is 3.04. The van der Waals surface area contributed by atoms with Gasteiger partial charge in [0.15, 0.2) is 0 Å². The van der Waals surface area contributed by atoms with Crippen LogP contribution in [0, 0.1) is 6.92 Å². The van der Waals surface area contributed by atoms with Crippen molar-refractivity contribution in [3.8, 4) is 0 Å². The van der Waals surface area contributed by atoms with Gasteiger partial charge in [-0.05, 0) is 31.5 Å². The van der Waals surface area contributed by atoms with Crippen LogP contribution in [0.2, 0.25) is 0 Å². The Labute approximate surface area is 100 Å². The number of hydrogen-bond acceptors (Lipinski definition) is 3. The number of hydrogen-bond donors (Lipinski definition) is 0. The summed E-state index contributed by atoms with van der Waals surface area (Å²) in [6.07, 6.45) is 2.43. The van der Waals surface area contributed by atoms with Crippen molar-refractivity contribution in [2.45, 2.75) is 20.3 Å². The molecule has 0 aliphatic rings. The first-order valence-corrected chi connectivity index (χ1v) is 5.62. The fourth-order valence-corrected chi connectivity index (χ4v) is 1.66. The van der Waals surface area contributed by atoms with E-state index in [1.807, 2.05) is 26.0 Å². The highest BCUT2D eigenvalue weighted by molar-refractivity contribution is 6.07. The standard InChI is InChI=1S/C13H15N3O/c1-4-11-7-12(16(3)15-11)13(17)10-6-5-9(2)14-8-10/h5-8H,4H2,1-3H3. The van der Waals surface area contributed by atoms with Crippen LogP contribution in [0.3, 0.4) is 0 Å². The summed E-state index contributed by atoms with van der Waals surface area (Å²) in [5, 5.41) is 4.27. The third-order valence-corrected chi connectivity index (χ3v) is 2.70. The molecule has 0 saturated heterocycles. The van der Waals surface area contributed by atoms with E-state index in [2.05, 4.69) is 10.1 Å². The summed E-state index contributed by atoms with van der Waals surface area (Å²) in [7, 11) is 1.79. The zero-order chi connectivity index (χ0) is 12.4. The maximum atomic E-state index is 12.2. The molecule has 0 fully saturated rings. The van der Waals surface area contributed by atoms with Gasteiger partial charge < -0.3 is 0 Å². The molecule has 0 spiro atoms. The maximum Gasteiger partial charge on any atom is 0.212 e. The minimum atomic E-state index is -0.0350. The zero-order valence-corrected chi connectivity index (χ0v) is 10.3. The summed E-state index contributed by atoms with van der Waals surface area (Å²) in [4.78, 5) is 16.3. The Morgan fingerprint density at radius 1 is 1.41 bits per heavy atom. The molecule has 2 heterocycles. The summed E-state index contributed by atoms with van der Waals surface area (Å²) >= 11 is 0. The molecule has 0 radical (unpaired) electrons. The fraction of sp³-hybridized carbons (Fsp3) is 0.308. The Hall–Kier alpha value is -1.97. The van der Waals surface area contributed by atoms with Crippen molar-refractivity contribution in [2.24, 2.45) is 7.05 Å². The Bertz CT molecular complexity index is 540. The summed E-state index contributed by atoms with van der Waals surface area (Å²) < 4.78 is 1.63. The highest BCUT2D eigenvalue weighted by Crippen LogP contribution is 2.11. The van der Waals surface area contributed by atoms with Gasteiger partial charge in [-0.15, -0.1) is 0 Å². The number of carbonyl (C=O) groups is 1. The first kappa shape index (κ1) is 11.5. The fourth-order valence-electron chi connectivity index (χ4n) is 1.66. The van der Waals surface area contributed by atoms with Gasteiger partial charge in [-0.1, -0.05) is 6.92 Å². The molecule has 0 unspecified atom stereocenters. The van der Waals surface area contributed by atoms with Crippen LogP contribution >= 0.6 is 0 Å². The lowest BCUT2D eigenvalue weighted by molar-refractivity contribution is 0.103. The van der Waals surface area contributed by atoms with E-state index in [4.69, 9.17) is 0 Å². The molecule has 0 atom stereocenters. The smallest absolute Gasteiger partial charge is 0.212 e. The number of aromatic nitrogens is 3. The molecule has 0 amide bonds. The van der Waals surface area contributed by atoms with E-state index < -0.39 is 0 Å². The quantitative estimate of drug-likeness (QED) is 0.755. The zero-order valence-electron chi connectivity index (χ0n) is 10.3. The number of nitrogens with zero attached hydrogens (tertiary/aromatic N) is 3. The summed E-state index contributed by atoms with van der Waals surface area (Å²) in [6, 6.07) is 5.47. The van der Waals surface area contributed by atoms with Crippen molar-refractivity contribution in [2.75, 3.05) is 0 Å². The molecule has 88 valence electrons. The molecule has 0 aromatic carbocycles. The lowest BCUT2D eigenvalue weighted by Crippen LogP contribution is -2.08. The van der Waals surface area contributed by atoms with Crippen LogP contribution in [0.15, 0.2) is 24.4 Å². The minimum absolute atomic E-state index is 0.0350. The molecular formula is C13H15N3O. The normalized spacial score (nSPS) is 10.5. The Balaban J connectivity index is 2.36. The minimum Gasteiger partial charge on any atom is -0.287 e. The van der Waals surface area contributed by atoms with Crippen LogP contribution in [0.5, 0.6) is 0 Å². The average molecular weight is 229 g/mol. The van der Waals surface area contributed by atoms with Gasteiger partial charge in [0.1, 0.15) is 5.69 Å². The van der Waals surface area contributed by atoms with Gasteiger partial charge in [0.05, 0.1) is 5.69 Å². The first-order valence-electron chi connectivity index (χ1n) is 5.62. The molecule has 2 rings (SSSR count). The van der Waals surface area contributed by atoms with Crippen LogP contribution in [-0.2, 0) is 13.5 Å². The molecule has 0 N–H and O–H groups in total. The molecule has 17 heavy (non-hydrogen) atoms. The van der Waals surface area contributed by atoms with Crippen molar-refractivity contribution < 1.29 is 4.79 Å². The molecular weight excluding hydrogens is 214 g/mol. The van der Waals surface area contributed by atoms with E-state index in [1.54, 1.807) is 24.0 Å². The van der Waals surface area contributed by atoms with Crippen molar-refractivity contribution in [1.29, 1.82) is 0 Å². The summed E-state index contributed by atoms with van der Waals surface area (Å²) in [6.45, 7) is 3.91. The van der Waals surface area contributed by atoms with E-state index in [0.717, 1.165) is 17.8 Å². The van der Waals surface area contributed by atoms with Crippen molar-refractivity contribution in [3.63, 3.8) is 0 Å². The Morgan fingerprint density at radius 2 is 2.18 bits per heavy atom. The lowest BCUT2D eigenvalue weighted by Gasteiger charge is -2.01. The largest absolute Gasteiger partial charge is 0.287 e. The highest BCUT2D eigenvalue weighted by Gasteiger charge is 2.14. The predicted octanol–water partition coefficient (Wildman–Crippen LogP) is 1.92. The molecule has 0 aliphatic carbocycles. The predicted molar refractivity (Wildman–Crippen MR) is 65.0 cm³/mol. The number of rotatable bonds is 3. The molecule has 2 aromatic rings. The number of pyridine rings is 1. The lowest BCUT2D eigenvalue weighted by atomic mass is 10.1. The van der Waals surface area contributed by atoms with E-state index in [1.165, 1.54) is 0 Å². The molecule has 0 aliphatic heterocycles. The maximum absolute atomic E-state index is 12.2. The van der Waals surface area contributed by atoms with Crippen molar-refractivity contribution in [3.05, 3.63) is 47.0 Å². The van der Waals surface area contributed by atoms with E-state index >= 15 is 0 Å². The van der Waals surface area contributed by atoms with Gasteiger partial charge in [0, 0.05) is 24.5 Å². The van der Waals surface area contributed by atoms with Gasteiger partial charge in [-0.25, -0.2) is 0 Å². The molecule has 4 heteroatoms. The number of carbonyl (C=O) groups excluding carboxylic acids is 1. The number of ketones is 1. The molecule has 2 aromatic heterocycles. The van der Waals surface area contributed by atoms with Crippen molar-refractivity contribution >= 4 is 5.78 Å². The summed E-state index contributed by atoms with van der Waals surface area (Å²) in [5.74, 6) is -0.0350. The van der Waals surface area contributed by atoms with E-state index in [0.29, 0.717) is 11.3 Å². The van der Waals surface area contributed by atoms with Crippen LogP contribution in [0.4, 0.5) is 0 Å². The average Bonchev–Trinajstić information content (AvgIpc) is 2.71. The van der Waals surface area contributed by atoms with Crippen LogP contribution < -0.4 is 0 Å². The van der Waals surface area contributed by atoms with Crippen LogP contribution in [-0.4, -0.2) is 20.5 Å². The second kappa shape index (κ2) is 4.49. The van der Waals surface area contributed by atoms with Gasteiger partial charge in [0.25, 0.3) is 0 Å². The second-order valence-corrected chi connectivity index (χ2v) is 4.02. The van der Waals surface area contributed by atoms with Crippen LogP contribution in [0.25, 0.3) is 0 Å². The van der Waals surface area contributed by atoms with E-state index in [-0.39, 0.29) is 5.78 Å². The van der Waals surface area contributed by atoms with Gasteiger partial charge in [-0.3, -0.25) is 14.5 Å². The highest BCUT2D eigenvalue weighted by atomic mass is 16.1. The van der Waals surface area contributed by atoms with Crippen LogP contribution in [0.1, 0.15) is 34.4 Å². The van der Waals surface area contributed by atoms with E-state index in [9.17, 15) is 4.79 Å².